The third-order valence-corrected chi connectivity index (χ3v) is 26.0. The highest BCUT2D eigenvalue weighted by molar-refractivity contribution is 7.46. The van der Waals surface area contributed by atoms with E-state index in [9.17, 15) is 0 Å². The van der Waals surface area contributed by atoms with Crippen LogP contribution in [0.25, 0.3) is 0 Å². The molecular weight excluding hydrogens is 295 g/mol. The van der Waals surface area contributed by atoms with Gasteiger partial charge in [0.1, 0.15) is 0 Å². The van der Waals surface area contributed by atoms with Gasteiger partial charge in [-0.1, -0.05) is 64.2 Å². The molecule has 0 N–H and O–H groups in total. The molecule has 0 aromatic rings. The van der Waals surface area contributed by atoms with E-state index >= 15 is 0 Å². The van der Waals surface area contributed by atoms with Gasteiger partial charge in [0, 0.05) is 0 Å². The van der Waals surface area contributed by atoms with Crippen LogP contribution in [0.5, 0.6) is 0 Å². The Balaban J connectivity index is 1.59. The second-order valence-corrected chi connectivity index (χ2v) is 20.2. The van der Waals surface area contributed by atoms with E-state index in [0.29, 0.717) is 0 Å². The summed E-state index contributed by atoms with van der Waals surface area (Å²) >= 11 is 14.2. The number of hydrogen-bond donors (Lipinski definition) is 0. The third-order valence-electron chi connectivity index (χ3n) is 5.85. The molecule has 0 amide bonds. The zero-order chi connectivity index (χ0) is 12.6. The molecule has 0 radical (unpaired) electrons. The van der Waals surface area contributed by atoms with Crippen molar-refractivity contribution >= 4 is 36.9 Å². The minimum absolute atomic E-state index is 0.927. The molecule has 3 rings (SSSR count). The second-order valence-electron chi connectivity index (χ2n) is 7.09. The van der Waals surface area contributed by atoms with Crippen LogP contribution in [0.2, 0.25) is 22.4 Å². The SMILES string of the molecule is Cl[Si]1(C2CCCCC2)C[Si](Cl)(C2CCCCC2)C1. The van der Waals surface area contributed by atoms with E-state index < -0.39 is 14.8 Å². The summed E-state index contributed by atoms with van der Waals surface area (Å²) in [6.45, 7) is 0. The predicted octanol–water partition coefficient (Wildman–Crippen LogP) is 6.12. The van der Waals surface area contributed by atoms with Gasteiger partial charge in [-0.2, -0.15) is 22.2 Å². The van der Waals surface area contributed by atoms with Crippen molar-refractivity contribution in [3.63, 3.8) is 0 Å². The van der Waals surface area contributed by atoms with Crippen molar-refractivity contribution in [2.75, 3.05) is 0 Å². The van der Waals surface area contributed by atoms with Crippen molar-refractivity contribution in [1.82, 2.24) is 0 Å². The van der Waals surface area contributed by atoms with E-state index in [1.807, 2.05) is 0 Å². The number of hydrogen-bond acceptors (Lipinski definition) is 0. The highest BCUT2D eigenvalue weighted by Crippen LogP contribution is 2.61. The van der Waals surface area contributed by atoms with Crippen LogP contribution in [0.4, 0.5) is 0 Å². The van der Waals surface area contributed by atoms with Crippen LogP contribution < -0.4 is 0 Å². The van der Waals surface area contributed by atoms with Gasteiger partial charge in [0.05, 0.1) is 0 Å². The molecule has 0 aromatic carbocycles. The van der Waals surface area contributed by atoms with Gasteiger partial charge in [0.15, 0.2) is 14.8 Å². The Bertz CT molecular complexity index is 262. The third kappa shape index (κ3) is 2.59. The fourth-order valence-corrected chi connectivity index (χ4v) is 30.8. The van der Waals surface area contributed by atoms with Crippen LogP contribution >= 0.6 is 22.2 Å². The molecule has 3 fully saturated rings. The molecule has 2 saturated carbocycles. The van der Waals surface area contributed by atoms with Crippen LogP contribution in [0.15, 0.2) is 0 Å². The van der Waals surface area contributed by atoms with E-state index in [2.05, 4.69) is 0 Å². The second kappa shape index (κ2) is 5.42. The van der Waals surface area contributed by atoms with Crippen molar-refractivity contribution < 1.29 is 0 Å². The fraction of sp³-hybridized carbons (Fsp3) is 1.00. The summed E-state index contributed by atoms with van der Waals surface area (Å²) in [5.74, 6) is 0. The quantitative estimate of drug-likeness (QED) is 0.425. The monoisotopic (exact) mass is 320 g/mol. The first-order valence-corrected chi connectivity index (χ1v) is 15.0. The molecular formula is C14H26Cl2Si2. The van der Waals surface area contributed by atoms with Crippen LogP contribution in [0, 0.1) is 0 Å². The lowest BCUT2D eigenvalue weighted by molar-refractivity contribution is 0.484. The lowest BCUT2D eigenvalue weighted by Gasteiger charge is -2.54. The Morgan fingerprint density at radius 2 is 0.889 bits per heavy atom. The maximum Gasteiger partial charge on any atom is 0.156 e. The average Bonchev–Trinajstić information content (AvgIpc) is 2.39. The first kappa shape index (κ1) is 14.0. The first-order chi connectivity index (χ1) is 8.62. The van der Waals surface area contributed by atoms with Gasteiger partial charge < -0.3 is 0 Å². The standard InChI is InChI=1S/C14H26Cl2Si2/c15-17(13-7-3-1-4-8-13)11-18(16,12-17)14-9-5-2-6-10-14/h13-14H,1-12H2. The minimum Gasteiger partial charge on any atom is -0.167 e. The van der Waals surface area contributed by atoms with Gasteiger partial charge in [-0.3, -0.25) is 0 Å². The van der Waals surface area contributed by atoms with E-state index in [0.717, 1.165) is 11.1 Å². The molecule has 4 heteroatoms. The van der Waals surface area contributed by atoms with Crippen molar-refractivity contribution in [3.8, 4) is 0 Å². The van der Waals surface area contributed by atoms with Gasteiger partial charge in [0.25, 0.3) is 0 Å². The molecule has 1 heterocycles. The molecule has 2 aliphatic carbocycles. The molecule has 1 saturated heterocycles. The van der Waals surface area contributed by atoms with Gasteiger partial charge in [-0.15, -0.1) is 0 Å². The van der Waals surface area contributed by atoms with Crippen LogP contribution in [-0.2, 0) is 0 Å². The molecule has 0 unspecified atom stereocenters. The molecule has 104 valence electrons. The summed E-state index contributed by atoms with van der Waals surface area (Å²) in [4.78, 5) is 0. The lowest BCUT2D eigenvalue weighted by Crippen LogP contribution is -2.61. The molecule has 3 aliphatic rings. The maximum atomic E-state index is 7.08. The Morgan fingerprint density at radius 1 is 0.556 bits per heavy atom. The maximum absolute atomic E-state index is 7.08. The first-order valence-electron chi connectivity index (χ1n) is 8.00. The molecule has 0 bridgehead atoms. The number of rotatable bonds is 2. The summed E-state index contributed by atoms with van der Waals surface area (Å²) < 4.78 is 0. The van der Waals surface area contributed by atoms with Gasteiger partial charge in [0.2, 0.25) is 0 Å². The summed E-state index contributed by atoms with van der Waals surface area (Å²) in [6, 6.07) is 0. The highest BCUT2D eigenvalue weighted by Gasteiger charge is 2.62. The van der Waals surface area contributed by atoms with Crippen LogP contribution in [-0.4, -0.2) is 14.8 Å². The Hall–Kier alpha value is 1.01. The zero-order valence-corrected chi connectivity index (χ0v) is 14.9. The molecule has 0 atom stereocenters. The van der Waals surface area contributed by atoms with Gasteiger partial charge in [-0.05, 0) is 22.4 Å². The van der Waals surface area contributed by atoms with Crippen molar-refractivity contribution in [2.45, 2.75) is 86.6 Å². The molecule has 0 spiro atoms. The fourth-order valence-electron chi connectivity index (χ4n) is 4.74. The molecule has 0 aromatic heterocycles. The van der Waals surface area contributed by atoms with Crippen LogP contribution in [0.1, 0.15) is 64.2 Å². The molecule has 0 nitrogen and oxygen atoms in total. The van der Waals surface area contributed by atoms with Crippen molar-refractivity contribution in [1.29, 1.82) is 0 Å². The minimum atomic E-state index is -1.41. The van der Waals surface area contributed by atoms with E-state index in [4.69, 9.17) is 22.2 Å². The topological polar surface area (TPSA) is 0 Å². The highest BCUT2D eigenvalue weighted by atomic mass is 35.6. The van der Waals surface area contributed by atoms with E-state index in [-0.39, 0.29) is 0 Å². The summed E-state index contributed by atoms with van der Waals surface area (Å²) in [5.41, 5.74) is 4.57. The molecule has 18 heavy (non-hydrogen) atoms. The summed E-state index contributed by atoms with van der Waals surface area (Å²) in [7, 11) is -2.83. The number of halogens is 2. The normalized spacial score (nSPS) is 43.7. The predicted molar refractivity (Wildman–Crippen MR) is 86.5 cm³/mol. The Labute approximate surface area is 123 Å². The zero-order valence-electron chi connectivity index (χ0n) is 11.4. The Kier molecular flexibility index (Phi) is 4.21. The van der Waals surface area contributed by atoms with Crippen molar-refractivity contribution in [2.24, 2.45) is 0 Å². The lowest BCUT2D eigenvalue weighted by atomic mass is 10.0. The van der Waals surface area contributed by atoms with Crippen molar-refractivity contribution in [3.05, 3.63) is 0 Å². The van der Waals surface area contributed by atoms with Gasteiger partial charge >= 0.3 is 0 Å². The van der Waals surface area contributed by atoms with E-state index in [1.54, 1.807) is 0 Å². The smallest absolute Gasteiger partial charge is 0.156 e. The summed E-state index contributed by atoms with van der Waals surface area (Å²) in [5, 5.41) is 0. The summed E-state index contributed by atoms with van der Waals surface area (Å²) in [6.07, 6.45) is 14.4. The Morgan fingerprint density at radius 3 is 1.22 bits per heavy atom. The van der Waals surface area contributed by atoms with E-state index in [1.165, 1.54) is 75.5 Å². The molecule has 1 aliphatic heterocycles. The van der Waals surface area contributed by atoms with Crippen LogP contribution in [0.3, 0.4) is 0 Å². The largest absolute Gasteiger partial charge is 0.167 e. The van der Waals surface area contributed by atoms with Gasteiger partial charge in [-0.25, -0.2) is 0 Å². The average molecular weight is 321 g/mol.